The van der Waals surface area contributed by atoms with Crippen molar-refractivity contribution in [2.24, 2.45) is 16.3 Å². The summed E-state index contributed by atoms with van der Waals surface area (Å²) in [5.74, 6) is 0.262. The van der Waals surface area contributed by atoms with Gasteiger partial charge in [0.05, 0.1) is 18.2 Å². The number of unbranched alkanes of at least 4 members (excludes halogenated alkanes) is 1. The Bertz CT molecular complexity index is 1500. The minimum absolute atomic E-state index is 0.108. The lowest BCUT2D eigenvalue weighted by Gasteiger charge is -2.47. The molecule has 0 radical (unpaired) electrons. The van der Waals surface area contributed by atoms with Crippen LogP contribution in [0.4, 0.5) is 13.2 Å². The fourth-order valence-electron chi connectivity index (χ4n) is 6.57. The van der Waals surface area contributed by atoms with Crippen LogP contribution in [-0.2, 0) is 17.5 Å². The van der Waals surface area contributed by atoms with Gasteiger partial charge in [0.15, 0.2) is 5.82 Å². The highest BCUT2D eigenvalue weighted by Gasteiger charge is 2.52. The van der Waals surface area contributed by atoms with E-state index in [1.165, 1.54) is 12.1 Å². The number of nitrogens with one attached hydrogen (secondary N) is 2. The van der Waals surface area contributed by atoms with Crippen molar-refractivity contribution in [1.29, 1.82) is 0 Å². The first kappa shape index (κ1) is 32.3. The zero-order valence-electron chi connectivity index (χ0n) is 26.1. The average molecular weight is 624 g/mol. The van der Waals surface area contributed by atoms with Crippen molar-refractivity contribution < 1.29 is 22.8 Å². The number of hydrogen-bond donors (Lipinski definition) is 2. The number of carbonyl (C=O) groups is 2. The summed E-state index contributed by atoms with van der Waals surface area (Å²) in [5, 5.41) is 16.3. The Labute approximate surface area is 261 Å². The number of aromatic amines is 1. The van der Waals surface area contributed by atoms with Gasteiger partial charge in [0.25, 0.3) is 11.8 Å². The Morgan fingerprint density at radius 1 is 1.07 bits per heavy atom. The number of alkyl halides is 3. The van der Waals surface area contributed by atoms with E-state index in [0.717, 1.165) is 43.4 Å². The largest absolute Gasteiger partial charge is 0.416 e. The maximum atomic E-state index is 14.4. The summed E-state index contributed by atoms with van der Waals surface area (Å²) in [6.07, 6.45) is 1.10. The normalized spacial score (nSPS) is 21.2. The van der Waals surface area contributed by atoms with Gasteiger partial charge >= 0.3 is 6.18 Å². The standard InChI is InChI=1S/C33H40F3N7O2/c1-5-6-7-26(21-8-10-23(11-9-21)29(44)37-20-27-39-41-42-40-27)43-30(45)28(22-12-14-25(15-13-22)33(34,35)36)38-32(43)18-16-24(17-19-32)31(2,3)4/h8-15,24,26H,5-7,16-20H2,1-4H3,(H,37,44)(H,39,40,41,42). The van der Waals surface area contributed by atoms with Gasteiger partial charge in [0.2, 0.25) is 0 Å². The number of H-pyrrole nitrogens is 1. The number of nitrogens with zero attached hydrogens (tertiary/aromatic N) is 5. The molecule has 12 heteroatoms. The Balaban J connectivity index is 1.47. The number of carbonyl (C=O) groups excluding carboxylic acids is 2. The van der Waals surface area contributed by atoms with Crippen LogP contribution in [0, 0.1) is 11.3 Å². The molecule has 2 aliphatic rings. The van der Waals surface area contributed by atoms with Gasteiger partial charge in [-0.1, -0.05) is 70.0 Å². The van der Waals surface area contributed by atoms with Crippen LogP contribution < -0.4 is 5.32 Å². The van der Waals surface area contributed by atoms with E-state index in [-0.39, 0.29) is 35.5 Å². The molecular formula is C33H40F3N7O2. The highest BCUT2D eigenvalue weighted by molar-refractivity contribution is 6.46. The number of hydrogen-bond acceptors (Lipinski definition) is 6. The molecule has 0 saturated heterocycles. The second kappa shape index (κ2) is 12.7. The maximum Gasteiger partial charge on any atom is 0.416 e. The fraction of sp³-hybridized carbons (Fsp3) is 0.515. The van der Waals surface area contributed by atoms with Gasteiger partial charge in [0.1, 0.15) is 11.4 Å². The molecule has 1 aromatic heterocycles. The van der Waals surface area contributed by atoms with Crippen LogP contribution in [0.5, 0.6) is 0 Å². The van der Waals surface area contributed by atoms with E-state index in [1.54, 1.807) is 12.1 Å². The number of rotatable bonds is 9. The Kier molecular flexibility index (Phi) is 9.14. The van der Waals surface area contributed by atoms with Gasteiger partial charge in [-0.05, 0) is 73.3 Å². The summed E-state index contributed by atoms with van der Waals surface area (Å²) < 4.78 is 39.9. The molecule has 3 aromatic rings. The minimum Gasteiger partial charge on any atom is -0.345 e. The average Bonchev–Trinajstić information content (AvgIpc) is 3.63. The van der Waals surface area contributed by atoms with Crippen LogP contribution in [0.2, 0.25) is 0 Å². The Morgan fingerprint density at radius 2 is 1.73 bits per heavy atom. The van der Waals surface area contributed by atoms with Crippen LogP contribution >= 0.6 is 0 Å². The molecule has 2 heterocycles. The van der Waals surface area contributed by atoms with E-state index < -0.39 is 17.4 Å². The number of benzene rings is 2. The molecule has 1 aliphatic carbocycles. The molecule has 45 heavy (non-hydrogen) atoms. The third-order valence-corrected chi connectivity index (χ3v) is 9.18. The zero-order chi connectivity index (χ0) is 32.4. The van der Waals surface area contributed by atoms with Crippen molar-refractivity contribution in [2.45, 2.75) is 97.1 Å². The highest BCUT2D eigenvalue weighted by atomic mass is 19.4. The number of tetrazole rings is 1. The summed E-state index contributed by atoms with van der Waals surface area (Å²) in [4.78, 5) is 34.2. The third kappa shape index (κ3) is 6.94. The third-order valence-electron chi connectivity index (χ3n) is 9.18. The van der Waals surface area contributed by atoms with Crippen molar-refractivity contribution in [3.05, 3.63) is 76.6 Å². The zero-order valence-corrected chi connectivity index (χ0v) is 26.1. The minimum atomic E-state index is -4.47. The molecule has 0 bridgehead atoms. The van der Waals surface area contributed by atoms with Gasteiger partial charge in [-0.3, -0.25) is 14.6 Å². The van der Waals surface area contributed by atoms with E-state index in [9.17, 15) is 22.8 Å². The first-order valence-electron chi connectivity index (χ1n) is 15.5. The molecule has 1 spiro atoms. The van der Waals surface area contributed by atoms with Crippen molar-refractivity contribution in [1.82, 2.24) is 30.8 Å². The molecule has 2 amide bonds. The lowest BCUT2D eigenvalue weighted by Crippen LogP contribution is -2.51. The first-order valence-corrected chi connectivity index (χ1v) is 15.5. The molecule has 1 aliphatic heterocycles. The summed E-state index contributed by atoms with van der Waals surface area (Å²) in [7, 11) is 0. The van der Waals surface area contributed by atoms with Crippen LogP contribution in [-0.4, -0.2) is 48.7 Å². The SMILES string of the molecule is CCCCC(c1ccc(C(=O)NCc2nn[nH]n2)cc1)N1C(=O)C(c2ccc(C(F)(F)F)cc2)=NC12CCC(C(C)(C)C)CC2. The molecule has 240 valence electrons. The predicted octanol–water partition coefficient (Wildman–Crippen LogP) is 6.64. The maximum absolute atomic E-state index is 14.4. The van der Waals surface area contributed by atoms with Gasteiger partial charge in [0, 0.05) is 11.1 Å². The van der Waals surface area contributed by atoms with E-state index in [1.807, 2.05) is 17.0 Å². The number of halogens is 3. The topological polar surface area (TPSA) is 116 Å². The van der Waals surface area contributed by atoms with Crippen molar-refractivity contribution >= 4 is 17.5 Å². The summed E-state index contributed by atoms with van der Waals surface area (Å²) in [5.41, 5.74) is 0.468. The second-order valence-corrected chi connectivity index (χ2v) is 13.1. The van der Waals surface area contributed by atoms with Crippen LogP contribution in [0.3, 0.4) is 0 Å². The lowest BCUT2D eigenvalue weighted by molar-refractivity contribution is -0.137. The van der Waals surface area contributed by atoms with Gasteiger partial charge in [-0.25, -0.2) is 0 Å². The van der Waals surface area contributed by atoms with Crippen molar-refractivity contribution in [3.8, 4) is 0 Å². The summed E-state index contributed by atoms with van der Waals surface area (Å²) in [6, 6.07) is 11.6. The predicted molar refractivity (Wildman–Crippen MR) is 163 cm³/mol. The van der Waals surface area contributed by atoms with Gasteiger partial charge < -0.3 is 10.2 Å². The molecule has 1 fully saturated rings. The van der Waals surface area contributed by atoms with Crippen LogP contribution in [0.25, 0.3) is 0 Å². The summed E-state index contributed by atoms with van der Waals surface area (Å²) in [6.45, 7) is 8.91. The lowest BCUT2D eigenvalue weighted by atomic mass is 9.69. The van der Waals surface area contributed by atoms with Gasteiger partial charge in [-0.15, -0.1) is 10.2 Å². The number of amides is 2. The quantitative estimate of drug-likeness (QED) is 0.277. The summed E-state index contributed by atoms with van der Waals surface area (Å²) >= 11 is 0. The molecule has 1 unspecified atom stereocenters. The molecule has 1 atom stereocenters. The monoisotopic (exact) mass is 623 g/mol. The molecule has 2 aromatic carbocycles. The van der Waals surface area contributed by atoms with Gasteiger partial charge in [-0.2, -0.15) is 18.4 Å². The number of aromatic nitrogens is 4. The smallest absolute Gasteiger partial charge is 0.345 e. The second-order valence-electron chi connectivity index (χ2n) is 13.1. The molecule has 5 rings (SSSR count). The molecular weight excluding hydrogens is 583 g/mol. The van der Waals surface area contributed by atoms with E-state index in [4.69, 9.17) is 4.99 Å². The van der Waals surface area contributed by atoms with Crippen molar-refractivity contribution in [3.63, 3.8) is 0 Å². The van der Waals surface area contributed by atoms with E-state index >= 15 is 0 Å². The van der Waals surface area contributed by atoms with Crippen LogP contribution in [0.15, 0.2) is 53.5 Å². The van der Waals surface area contributed by atoms with Crippen LogP contribution in [0.1, 0.15) is 112 Å². The first-order chi connectivity index (χ1) is 21.3. The fourth-order valence-corrected chi connectivity index (χ4v) is 6.57. The highest BCUT2D eigenvalue weighted by Crippen LogP contribution is 2.50. The Hall–Kier alpha value is -4.09. The molecule has 9 nitrogen and oxygen atoms in total. The number of aliphatic imine (C=N–C) groups is 1. The Morgan fingerprint density at radius 3 is 2.29 bits per heavy atom. The molecule has 2 N–H and O–H groups in total. The van der Waals surface area contributed by atoms with Crippen molar-refractivity contribution in [2.75, 3.05) is 0 Å². The van der Waals surface area contributed by atoms with E-state index in [0.29, 0.717) is 42.1 Å². The van der Waals surface area contributed by atoms with E-state index in [2.05, 4.69) is 53.6 Å². The molecule has 1 saturated carbocycles.